The lowest BCUT2D eigenvalue weighted by Crippen LogP contribution is -2.30. The molecule has 0 aromatic heterocycles. The van der Waals surface area contributed by atoms with E-state index in [4.69, 9.17) is 20.1 Å². The van der Waals surface area contributed by atoms with Crippen LogP contribution >= 0.6 is 0 Å². The average molecular weight is 254 g/mol. The number of hydrogen-bond donors (Lipinski definition) is 2. The minimum absolute atomic E-state index is 0.219. The molecule has 0 radical (unpaired) electrons. The van der Waals surface area contributed by atoms with E-state index in [9.17, 15) is 4.79 Å². The van der Waals surface area contributed by atoms with E-state index < -0.39 is 0 Å². The summed E-state index contributed by atoms with van der Waals surface area (Å²) in [6.45, 7) is 0. The lowest BCUT2D eigenvalue weighted by atomic mass is 10.1. The summed E-state index contributed by atoms with van der Waals surface area (Å²) in [5, 5.41) is 0. The van der Waals surface area contributed by atoms with Crippen LogP contribution in [-0.4, -0.2) is 27.2 Å². The second-order valence-corrected chi connectivity index (χ2v) is 3.60. The van der Waals surface area contributed by atoms with Gasteiger partial charge in [0.2, 0.25) is 11.7 Å². The van der Waals surface area contributed by atoms with Crippen molar-refractivity contribution in [1.29, 1.82) is 0 Å². The number of carbonyl (C=O) groups is 1. The van der Waals surface area contributed by atoms with Crippen LogP contribution in [0.25, 0.3) is 0 Å². The third kappa shape index (κ3) is 3.27. The molecule has 0 atom stereocenters. The molecule has 0 spiro atoms. The highest BCUT2D eigenvalue weighted by atomic mass is 16.5. The topological polar surface area (TPSA) is 82.8 Å². The van der Waals surface area contributed by atoms with Gasteiger partial charge in [0, 0.05) is 6.42 Å². The Balaban J connectivity index is 2.96. The molecule has 100 valence electrons. The van der Waals surface area contributed by atoms with Crippen LogP contribution in [0.3, 0.4) is 0 Å². The summed E-state index contributed by atoms with van der Waals surface area (Å²) >= 11 is 0. The first kappa shape index (κ1) is 14.1. The first-order valence-electron chi connectivity index (χ1n) is 5.44. The zero-order chi connectivity index (χ0) is 13.5. The molecule has 1 rings (SSSR count). The van der Waals surface area contributed by atoms with Crippen LogP contribution in [0.4, 0.5) is 0 Å². The van der Waals surface area contributed by atoms with Crippen molar-refractivity contribution in [1.82, 2.24) is 5.43 Å². The lowest BCUT2D eigenvalue weighted by molar-refractivity contribution is -0.121. The van der Waals surface area contributed by atoms with Gasteiger partial charge in [0.05, 0.1) is 21.3 Å². The van der Waals surface area contributed by atoms with Gasteiger partial charge < -0.3 is 14.2 Å². The maximum atomic E-state index is 11.1. The summed E-state index contributed by atoms with van der Waals surface area (Å²) in [4.78, 5) is 11.1. The molecule has 1 aromatic carbocycles. The number of nitrogens with one attached hydrogen (secondary N) is 1. The smallest absolute Gasteiger partial charge is 0.234 e. The summed E-state index contributed by atoms with van der Waals surface area (Å²) in [5.74, 6) is 6.48. The summed E-state index contributed by atoms with van der Waals surface area (Å²) in [6, 6.07) is 3.62. The van der Waals surface area contributed by atoms with Gasteiger partial charge in [0.1, 0.15) is 0 Å². The van der Waals surface area contributed by atoms with Gasteiger partial charge in [-0.05, 0) is 24.1 Å². The molecule has 0 saturated carbocycles. The molecule has 0 aliphatic heterocycles. The Kier molecular flexibility index (Phi) is 5.26. The Labute approximate surface area is 106 Å². The Bertz CT molecular complexity index is 396. The number of benzene rings is 1. The number of amides is 1. The number of aryl methyl sites for hydroxylation is 1. The van der Waals surface area contributed by atoms with Crippen molar-refractivity contribution >= 4 is 5.91 Å². The van der Waals surface area contributed by atoms with Crippen molar-refractivity contribution in [3.8, 4) is 17.2 Å². The highest BCUT2D eigenvalue weighted by molar-refractivity contribution is 5.75. The SMILES string of the molecule is COc1cc(CCC(=O)NN)cc(OC)c1OC. The number of methoxy groups -OCH3 is 3. The molecule has 3 N–H and O–H groups in total. The van der Waals surface area contributed by atoms with Crippen LogP contribution in [0.15, 0.2) is 12.1 Å². The molecule has 6 heteroatoms. The molecule has 0 bridgehead atoms. The van der Waals surface area contributed by atoms with Crippen LogP contribution in [-0.2, 0) is 11.2 Å². The van der Waals surface area contributed by atoms with E-state index in [0.29, 0.717) is 30.1 Å². The average Bonchev–Trinajstić information content (AvgIpc) is 2.43. The molecule has 0 aliphatic rings. The number of rotatable bonds is 6. The van der Waals surface area contributed by atoms with Gasteiger partial charge in [-0.3, -0.25) is 10.2 Å². The van der Waals surface area contributed by atoms with Crippen molar-refractivity contribution in [3.05, 3.63) is 17.7 Å². The third-order valence-electron chi connectivity index (χ3n) is 2.53. The summed E-state index contributed by atoms with van der Waals surface area (Å²) in [6.07, 6.45) is 0.842. The Morgan fingerprint density at radius 3 is 2.11 bits per heavy atom. The van der Waals surface area contributed by atoms with Gasteiger partial charge in [0.15, 0.2) is 11.5 Å². The fourth-order valence-corrected chi connectivity index (χ4v) is 1.61. The monoisotopic (exact) mass is 254 g/mol. The molecule has 6 nitrogen and oxygen atoms in total. The van der Waals surface area contributed by atoms with Crippen molar-refractivity contribution in [2.45, 2.75) is 12.8 Å². The Hall–Kier alpha value is -1.95. The lowest BCUT2D eigenvalue weighted by Gasteiger charge is -2.13. The quantitative estimate of drug-likeness (QED) is 0.442. The van der Waals surface area contributed by atoms with Gasteiger partial charge in [-0.1, -0.05) is 0 Å². The number of hydrazine groups is 1. The van der Waals surface area contributed by atoms with E-state index in [2.05, 4.69) is 5.43 Å². The molecule has 0 heterocycles. The van der Waals surface area contributed by atoms with Gasteiger partial charge in [0.25, 0.3) is 0 Å². The molecular formula is C12H18N2O4. The number of carbonyl (C=O) groups excluding carboxylic acids is 1. The molecule has 0 aliphatic carbocycles. The van der Waals surface area contributed by atoms with Crippen molar-refractivity contribution in [2.75, 3.05) is 21.3 Å². The van der Waals surface area contributed by atoms with Crippen molar-refractivity contribution in [3.63, 3.8) is 0 Å². The van der Waals surface area contributed by atoms with Crippen LogP contribution in [0, 0.1) is 0 Å². The molecule has 1 amide bonds. The highest BCUT2D eigenvalue weighted by Crippen LogP contribution is 2.38. The summed E-state index contributed by atoms with van der Waals surface area (Å²) in [5.41, 5.74) is 3.00. The largest absolute Gasteiger partial charge is 0.493 e. The number of ether oxygens (including phenoxy) is 3. The van der Waals surface area contributed by atoms with Gasteiger partial charge >= 0.3 is 0 Å². The summed E-state index contributed by atoms with van der Waals surface area (Å²) < 4.78 is 15.7. The van der Waals surface area contributed by atoms with Crippen LogP contribution < -0.4 is 25.5 Å². The van der Waals surface area contributed by atoms with Crippen LogP contribution in [0.1, 0.15) is 12.0 Å². The van der Waals surface area contributed by atoms with E-state index in [1.54, 1.807) is 21.3 Å². The fourth-order valence-electron chi connectivity index (χ4n) is 1.61. The Morgan fingerprint density at radius 1 is 1.17 bits per heavy atom. The standard InChI is InChI=1S/C12H18N2O4/c1-16-9-6-8(4-5-11(15)14-13)7-10(17-2)12(9)18-3/h6-7H,4-5,13H2,1-3H3,(H,14,15). The first-order valence-corrected chi connectivity index (χ1v) is 5.44. The first-order chi connectivity index (χ1) is 8.65. The van der Waals surface area contributed by atoms with Gasteiger partial charge in [-0.2, -0.15) is 0 Å². The second kappa shape index (κ2) is 6.70. The normalized spacial score (nSPS) is 9.78. The Morgan fingerprint density at radius 2 is 1.72 bits per heavy atom. The van der Waals surface area contributed by atoms with E-state index in [-0.39, 0.29) is 5.91 Å². The zero-order valence-corrected chi connectivity index (χ0v) is 10.8. The van der Waals surface area contributed by atoms with Crippen molar-refractivity contribution < 1.29 is 19.0 Å². The van der Waals surface area contributed by atoms with E-state index in [0.717, 1.165) is 5.56 Å². The molecule has 0 saturated heterocycles. The predicted molar refractivity (Wildman–Crippen MR) is 66.7 cm³/mol. The van der Waals surface area contributed by atoms with Crippen LogP contribution in [0.2, 0.25) is 0 Å². The highest BCUT2D eigenvalue weighted by Gasteiger charge is 2.13. The molecule has 0 unspecified atom stereocenters. The molecule has 1 aromatic rings. The predicted octanol–water partition coefficient (Wildman–Crippen LogP) is 0.635. The molecular weight excluding hydrogens is 236 g/mol. The van der Waals surface area contributed by atoms with Crippen LogP contribution in [0.5, 0.6) is 17.2 Å². The zero-order valence-electron chi connectivity index (χ0n) is 10.8. The van der Waals surface area contributed by atoms with Crippen molar-refractivity contribution in [2.24, 2.45) is 5.84 Å². The van der Waals surface area contributed by atoms with E-state index >= 15 is 0 Å². The maximum Gasteiger partial charge on any atom is 0.234 e. The van der Waals surface area contributed by atoms with Gasteiger partial charge in [-0.15, -0.1) is 0 Å². The molecule has 0 fully saturated rings. The minimum atomic E-state index is -0.219. The maximum absolute atomic E-state index is 11.1. The van der Waals surface area contributed by atoms with E-state index in [1.807, 2.05) is 12.1 Å². The second-order valence-electron chi connectivity index (χ2n) is 3.60. The fraction of sp³-hybridized carbons (Fsp3) is 0.417. The third-order valence-corrected chi connectivity index (χ3v) is 2.53. The number of hydrogen-bond acceptors (Lipinski definition) is 5. The molecule has 18 heavy (non-hydrogen) atoms. The minimum Gasteiger partial charge on any atom is -0.493 e. The summed E-state index contributed by atoms with van der Waals surface area (Å²) in [7, 11) is 4.64. The van der Waals surface area contributed by atoms with E-state index in [1.165, 1.54) is 0 Å². The van der Waals surface area contributed by atoms with Gasteiger partial charge in [-0.25, -0.2) is 5.84 Å². The number of nitrogens with two attached hydrogens (primary N) is 1.